The molecule has 0 radical (unpaired) electrons. The van der Waals surface area contributed by atoms with Gasteiger partial charge in [0.15, 0.2) is 0 Å². The van der Waals surface area contributed by atoms with Crippen molar-refractivity contribution in [3.63, 3.8) is 0 Å². The van der Waals surface area contributed by atoms with E-state index >= 15 is 0 Å². The minimum Gasteiger partial charge on any atom is -0.469 e. The second-order valence-corrected chi connectivity index (χ2v) is 6.31. The first-order valence-electron chi connectivity index (χ1n) is 8.68. The minimum atomic E-state index is -0.283. The average molecular weight is 341 g/mol. The van der Waals surface area contributed by atoms with Crippen LogP contribution in [0.5, 0.6) is 0 Å². The summed E-state index contributed by atoms with van der Waals surface area (Å²) in [6.45, 7) is 2.43. The number of furan rings is 1. The Morgan fingerprint density at radius 1 is 1.24 bits per heavy atom. The zero-order chi connectivity index (χ0) is 17.6. The van der Waals surface area contributed by atoms with Gasteiger partial charge in [-0.15, -0.1) is 0 Å². The van der Waals surface area contributed by atoms with Crippen molar-refractivity contribution in [1.29, 1.82) is 0 Å². The van der Waals surface area contributed by atoms with E-state index in [0.717, 1.165) is 31.2 Å². The predicted octanol–water partition coefficient (Wildman–Crippen LogP) is 2.86. The van der Waals surface area contributed by atoms with Gasteiger partial charge in [-0.2, -0.15) is 0 Å². The van der Waals surface area contributed by atoms with Crippen LogP contribution in [-0.2, 0) is 4.79 Å². The molecule has 25 heavy (non-hydrogen) atoms. The fourth-order valence-electron chi connectivity index (χ4n) is 3.31. The molecule has 1 aliphatic rings. The van der Waals surface area contributed by atoms with Gasteiger partial charge in [0, 0.05) is 18.9 Å². The summed E-state index contributed by atoms with van der Waals surface area (Å²) >= 11 is 0. The monoisotopic (exact) mass is 341 g/mol. The molecule has 0 saturated carbocycles. The summed E-state index contributed by atoms with van der Waals surface area (Å²) < 4.78 is 5.14. The summed E-state index contributed by atoms with van der Waals surface area (Å²) in [5.41, 5.74) is 1.57. The van der Waals surface area contributed by atoms with Crippen LogP contribution in [0.4, 0.5) is 0 Å². The number of carbonyl (C=O) groups is 2. The van der Waals surface area contributed by atoms with E-state index in [1.807, 2.05) is 17.0 Å². The average Bonchev–Trinajstić information content (AvgIpc) is 2.92. The Bertz CT molecular complexity index is 727. The van der Waals surface area contributed by atoms with Crippen molar-refractivity contribution in [1.82, 2.24) is 15.2 Å². The highest BCUT2D eigenvalue weighted by molar-refractivity contribution is 5.97. The Morgan fingerprint density at radius 2 is 2.04 bits per heavy atom. The number of nitrogens with one attached hydrogen (secondary N) is 1. The third-order valence-electron chi connectivity index (χ3n) is 4.67. The number of likely N-dealkylation sites (tertiary alicyclic amines) is 1. The van der Waals surface area contributed by atoms with Crippen molar-refractivity contribution < 1.29 is 14.0 Å². The second-order valence-electron chi connectivity index (χ2n) is 6.31. The molecule has 2 aromatic heterocycles. The molecule has 0 unspecified atom stereocenters. The van der Waals surface area contributed by atoms with Crippen molar-refractivity contribution in [2.45, 2.75) is 38.6 Å². The van der Waals surface area contributed by atoms with Gasteiger partial charge in [0.2, 0.25) is 5.91 Å². The first-order valence-corrected chi connectivity index (χ1v) is 8.68. The van der Waals surface area contributed by atoms with Crippen molar-refractivity contribution in [3.8, 4) is 0 Å². The maximum Gasteiger partial charge on any atom is 0.255 e. The Labute approximate surface area is 147 Å². The van der Waals surface area contributed by atoms with Crippen LogP contribution < -0.4 is 5.32 Å². The van der Waals surface area contributed by atoms with Crippen LogP contribution in [0.2, 0.25) is 0 Å². The standard InChI is InChI=1S/C19H23N3O3/c1-14-16(8-12-25-14)19(24)21-13-18(23)22-11-4-2-3-5-17(22)15-6-9-20-10-7-15/h6-10,12,17H,2-5,11,13H2,1H3,(H,21,24)/t17-/m0/s1. The highest BCUT2D eigenvalue weighted by Gasteiger charge is 2.27. The quantitative estimate of drug-likeness (QED) is 0.928. The Hall–Kier alpha value is -2.63. The van der Waals surface area contributed by atoms with Gasteiger partial charge in [-0.3, -0.25) is 14.6 Å². The first kappa shape index (κ1) is 17.2. The Kier molecular flexibility index (Phi) is 5.48. The van der Waals surface area contributed by atoms with Crippen molar-refractivity contribution in [2.24, 2.45) is 0 Å². The zero-order valence-corrected chi connectivity index (χ0v) is 14.4. The summed E-state index contributed by atoms with van der Waals surface area (Å²) in [6, 6.07) is 5.58. The number of amides is 2. The molecular formula is C19H23N3O3. The molecule has 0 spiro atoms. The number of nitrogens with zero attached hydrogens (tertiary/aromatic N) is 2. The third-order valence-corrected chi connectivity index (χ3v) is 4.67. The lowest BCUT2D eigenvalue weighted by atomic mass is 10.0. The van der Waals surface area contributed by atoms with E-state index in [0.29, 0.717) is 17.9 Å². The van der Waals surface area contributed by atoms with E-state index in [1.165, 1.54) is 6.26 Å². The van der Waals surface area contributed by atoms with Crippen LogP contribution in [0.1, 0.15) is 53.4 Å². The van der Waals surface area contributed by atoms with Gasteiger partial charge in [-0.05, 0) is 43.5 Å². The normalized spacial score (nSPS) is 17.8. The van der Waals surface area contributed by atoms with Gasteiger partial charge in [-0.1, -0.05) is 12.8 Å². The molecule has 1 atom stereocenters. The van der Waals surface area contributed by atoms with Gasteiger partial charge in [0.05, 0.1) is 24.4 Å². The number of rotatable bonds is 4. The molecule has 2 aromatic rings. The number of hydrogen-bond donors (Lipinski definition) is 1. The van der Waals surface area contributed by atoms with E-state index < -0.39 is 0 Å². The molecule has 0 bridgehead atoms. The topological polar surface area (TPSA) is 75.4 Å². The zero-order valence-electron chi connectivity index (χ0n) is 14.4. The molecule has 0 aromatic carbocycles. The highest BCUT2D eigenvalue weighted by Crippen LogP contribution is 2.29. The number of pyridine rings is 1. The molecule has 2 amide bonds. The first-order chi connectivity index (χ1) is 12.2. The molecule has 3 heterocycles. The summed E-state index contributed by atoms with van der Waals surface area (Å²) in [6.07, 6.45) is 9.12. The summed E-state index contributed by atoms with van der Waals surface area (Å²) in [7, 11) is 0. The molecule has 1 aliphatic heterocycles. The van der Waals surface area contributed by atoms with E-state index in [9.17, 15) is 9.59 Å². The lowest BCUT2D eigenvalue weighted by Crippen LogP contribution is -2.42. The fraction of sp³-hybridized carbons (Fsp3) is 0.421. The summed E-state index contributed by atoms with van der Waals surface area (Å²) in [5.74, 6) is 0.211. The van der Waals surface area contributed by atoms with Crippen LogP contribution in [-0.4, -0.2) is 34.8 Å². The van der Waals surface area contributed by atoms with Crippen LogP contribution >= 0.6 is 0 Å². The van der Waals surface area contributed by atoms with E-state index in [2.05, 4.69) is 10.3 Å². The van der Waals surface area contributed by atoms with Crippen molar-refractivity contribution >= 4 is 11.8 Å². The maximum atomic E-state index is 12.8. The highest BCUT2D eigenvalue weighted by atomic mass is 16.3. The van der Waals surface area contributed by atoms with Crippen LogP contribution in [0.3, 0.4) is 0 Å². The van der Waals surface area contributed by atoms with Crippen LogP contribution in [0.15, 0.2) is 41.3 Å². The SMILES string of the molecule is Cc1occc1C(=O)NCC(=O)N1CCCCC[C@H]1c1ccncc1. The van der Waals surface area contributed by atoms with E-state index in [-0.39, 0.29) is 24.4 Å². The van der Waals surface area contributed by atoms with Gasteiger partial charge in [0.1, 0.15) is 5.76 Å². The molecule has 132 valence electrons. The lowest BCUT2D eigenvalue weighted by Gasteiger charge is -2.30. The number of aromatic nitrogens is 1. The maximum absolute atomic E-state index is 12.8. The van der Waals surface area contributed by atoms with Gasteiger partial charge >= 0.3 is 0 Å². The van der Waals surface area contributed by atoms with Gasteiger partial charge in [-0.25, -0.2) is 0 Å². The molecule has 1 fully saturated rings. The largest absolute Gasteiger partial charge is 0.469 e. The molecule has 0 aliphatic carbocycles. The van der Waals surface area contributed by atoms with Crippen LogP contribution in [0.25, 0.3) is 0 Å². The van der Waals surface area contributed by atoms with Gasteiger partial charge < -0.3 is 14.6 Å². The lowest BCUT2D eigenvalue weighted by molar-refractivity contribution is -0.132. The summed E-state index contributed by atoms with van der Waals surface area (Å²) in [4.78, 5) is 30.9. The van der Waals surface area contributed by atoms with E-state index in [4.69, 9.17) is 4.42 Å². The number of hydrogen-bond acceptors (Lipinski definition) is 4. The molecular weight excluding hydrogens is 318 g/mol. The molecule has 1 saturated heterocycles. The second kappa shape index (κ2) is 7.96. The van der Waals surface area contributed by atoms with Crippen molar-refractivity contribution in [3.05, 3.63) is 53.7 Å². The number of aryl methyl sites for hydroxylation is 1. The molecule has 6 heteroatoms. The smallest absolute Gasteiger partial charge is 0.255 e. The number of carbonyl (C=O) groups excluding carboxylic acids is 2. The fourth-order valence-corrected chi connectivity index (χ4v) is 3.31. The third kappa shape index (κ3) is 4.07. The summed E-state index contributed by atoms with van der Waals surface area (Å²) in [5, 5.41) is 2.71. The molecule has 3 rings (SSSR count). The van der Waals surface area contributed by atoms with Crippen LogP contribution in [0, 0.1) is 6.92 Å². The van der Waals surface area contributed by atoms with E-state index in [1.54, 1.807) is 25.4 Å². The van der Waals surface area contributed by atoms with Gasteiger partial charge in [0.25, 0.3) is 5.91 Å². The molecule has 1 N–H and O–H groups in total. The predicted molar refractivity (Wildman–Crippen MR) is 92.9 cm³/mol. The molecule has 6 nitrogen and oxygen atoms in total. The Morgan fingerprint density at radius 3 is 2.76 bits per heavy atom. The van der Waals surface area contributed by atoms with Crippen molar-refractivity contribution in [2.75, 3.05) is 13.1 Å². The Balaban J connectivity index is 1.68. The minimum absolute atomic E-state index is 0.00889.